The zero-order valence-corrected chi connectivity index (χ0v) is 12.0. The number of allylic oxidation sites excluding steroid dienone is 5. The number of nitrogens with one attached hydrogen (secondary N) is 3. The predicted octanol–water partition coefficient (Wildman–Crippen LogP) is 2.27. The molecule has 1 rings (SSSR count). The Morgan fingerprint density at radius 3 is 2.30 bits per heavy atom. The van der Waals surface area contributed by atoms with Gasteiger partial charge in [-0.05, 0) is 31.7 Å². The van der Waals surface area contributed by atoms with Gasteiger partial charge in [-0.25, -0.2) is 4.39 Å². The summed E-state index contributed by atoms with van der Waals surface area (Å²) in [4.78, 5) is 0. The summed E-state index contributed by atoms with van der Waals surface area (Å²) < 4.78 is 13.7. The molecule has 0 aromatic heterocycles. The molecule has 0 radical (unpaired) electrons. The highest BCUT2D eigenvalue weighted by atomic mass is 19.1. The second-order valence-electron chi connectivity index (χ2n) is 3.51. The molecule has 5 N–H and O–H groups in total. The van der Waals surface area contributed by atoms with Crippen molar-refractivity contribution < 1.29 is 4.39 Å². The van der Waals surface area contributed by atoms with Crippen LogP contribution in [-0.2, 0) is 0 Å². The van der Waals surface area contributed by atoms with Gasteiger partial charge in [-0.2, -0.15) is 0 Å². The standard InChI is InChI=1S/C13H17FN4.CH5N/c1-5-9(14)11(7-3)18-12(8-4)13(16-17-18)10(15)6-2;1-2/h5-7,15-17H,1-3,8H2,4H3;2H2,1H3/b11-9-,15-10?;. The average Bonchev–Trinajstić information content (AvgIpc) is 2.92. The SMILES string of the molecule is C=CC(=N)C1=C(CC)N(/C(C=C)=C(\F)C=C)NN1.CN. The van der Waals surface area contributed by atoms with Crippen LogP contribution in [-0.4, -0.2) is 17.8 Å². The Kier molecular flexibility index (Phi) is 7.88. The van der Waals surface area contributed by atoms with Crippen molar-refractivity contribution in [3.05, 3.63) is 60.9 Å². The lowest BCUT2D eigenvalue weighted by Crippen LogP contribution is -2.37. The molecule has 1 aliphatic heterocycles. The molecule has 0 fully saturated rings. The Morgan fingerprint density at radius 2 is 1.90 bits per heavy atom. The van der Waals surface area contributed by atoms with Crippen molar-refractivity contribution in [2.75, 3.05) is 7.05 Å². The normalized spacial score (nSPS) is 14.7. The molecule has 0 aromatic carbocycles. The van der Waals surface area contributed by atoms with Gasteiger partial charge in [0.2, 0.25) is 0 Å². The number of hydrogen-bond acceptors (Lipinski definition) is 5. The first-order valence-electron chi connectivity index (χ1n) is 6.09. The summed E-state index contributed by atoms with van der Waals surface area (Å²) in [6.45, 7) is 12.4. The van der Waals surface area contributed by atoms with Gasteiger partial charge >= 0.3 is 0 Å². The number of hydrogen-bond donors (Lipinski definition) is 4. The zero-order chi connectivity index (χ0) is 15.7. The summed E-state index contributed by atoms with van der Waals surface area (Å²) in [5.41, 5.74) is 11.9. The maximum Gasteiger partial charge on any atom is 0.147 e. The second kappa shape index (κ2) is 8.84. The molecule has 0 amide bonds. The van der Waals surface area contributed by atoms with Gasteiger partial charge in [-0.3, -0.25) is 15.8 Å². The van der Waals surface area contributed by atoms with Crippen LogP contribution in [0, 0.1) is 5.41 Å². The van der Waals surface area contributed by atoms with Gasteiger partial charge < -0.3 is 5.73 Å². The van der Waals surface area contributed by atoms with Crippen molar-refractivity contribution in [2.24, 2.45) is 5.73 Å². The van der Waals surface area contributed by atoms with Gasteiger partial charge in [0.25, 0.3) is 0 Å². The molecule has 0 aromatic rings. The summed E-state index contributed by atoms with van der Waals surface area (Å²) in [6.07, 6.45) is 4.54. The summed E-state index contributed by atoms with van der Waals surface area (Å²) in [6, 6.07) is 0. The second-order valence-corrected chi connectivity index (χ2v) is 3.51. The van der Waals surface area contributed by atoms with Gasteiger partial charge in [-0.1, -0.05) is 26.7 Å². The topological polar surface area (TPSA) is 77.2 Å². The van der Waals surface area contributed by atoms with E-state index in [0.29, 0.717) is 12.1 Å². The average molecular weight is 279 g/mol. The van der Waals surface area contributed by atoms with E-state index in [1.165, 1.54) is 24.2 Å². The van der Waals surface area contributed by atoms with E-state index in [1.54, 1.807) is 0 Å². The van der Waals surface area contributed by atoms with E-state index in [2.05, 4.69) is 36.4 Å². The third-order valence-corrected chi connectivity index (χ3v) is 2.52. The van der Waals surface area contributed by atoms with Crippen molar-refractivity contribution in [2.45, 2.75) is 13.3 Å². The third kappa shape index (κ3) is 3.66. The van der Waals surface area contributed by atoms with E-state index in [0.717, 1.165) is 11.8 Å². The largest absolute Gasteiger partial charge is 0.333 e. The fourth-order valence-corrected chi connectivity index (χ4v) is 1.63. The van der Waals surface area contributed by atoms with Crippen molar-refractivity contribution >= 4 is 5.71 Å². The predicted molar refractivity (Wildman–Crippen MR) is 82.0 cm³/mol. The highest BCUT2D eigenvalue weighted by molar-refractivity contribution is 6.06. The summed E-state index contributed by atoms with van der Waals surface area (Å²) >= 11 is 0. The zero-order valence-electron chi connectivity index (χ0n) is 12.0. The van der Waals surface area contributed by atoms with Crippen LogP contribution in [0.2, 0.25) is 0 Å². The molecule has 0 aliphatic carbocycles. The Bertz CT molecular complexity index is 462. The molecule has 1 heterocycles. The van der Waals surface area contributed by atoms with Crippen LogP contribution < -0.4 is 16.7 Å². The van der Waals surface area contributed by atoms with E-state index < -0.39 is 5.83 Å². The van der Waals surface area contributed by atoms with Crippen LogP contribution >= 0.6 is 0 Å². The minimum atomic E-state index is -0.489. The van der Waals surface area contributed by atoms with Crippen LogP contribution in [0.15, 0.2) is 60.9 Å². The molecule has 6 heteroatoms. The summed E-state index contributed by atoms with van der Waals surface area (Å²) in [5, 5.41) is 9.26. The van der Waals surface area contributed by atoms with Crippen molar-refractivity contribution in [3.8, 4) is 0 Å². The lowest BCUT2D eigenvalue weighted by molar-refractivity contribution is 0.309. The first kappa shape index (κ1) is 17.8. The molecule has 5 nitrogen and oxygen atoms in total. The quantitative estimate of drug-likeness (QED) is 0.444. The van der Waals surface area contributed by atoms with Gasteiger partial charge in [0.1, 0.15) is 5.83 Å². The smallest absolute Gasteiger partial charge is 0.147 e. The van der Waals surface area contributed by atoms with Crippen molar-refractivity contribution in [3.63, 3.8) is 0 Å². The maximum absolute atomic E-state index is 13.7. The number of nitrogens with zero attached hydrogens (tertiary/aromatic N) is 1. The minimum absolute atomic E-state index is 0.240. The van der Waals surface area contributed by atoms with Crippen molar-refractivity contribution in [1.82, 2.24) is 16.0 Å². The fourth-order valence-electron chi connectivity index (χ4n) is 1.63. The van der Waals surface area contributed by atoms with Crippen LogP contribution in [0.4, 0.5) is 4.39 Å². The van der Waals surface area contributed by atoms with Crippen LogP contribution in [0.1, 0.15) is 13.3 Å². The fraction of sp³-hybridized carbons (Fsp3) is 0.214. The number of halogens is 1. The molecule has 0 unspecified atom stereocenters. The Hall–Kier alpha value is -2.18. The lowest BCUT2D eigenvalue weighted by atomic mass is 10.2. The number of hydrazine groups is 2. The molecule has 110 valence electrons. The van der Waals surface area contributed by atoms with E-state index in [9.17, 15) is 4.39 Å². The van der Waals surface area contributed by atoms with Crippen LogP contribution in [0.3, 0.4) is 0 Å². The minimum Gasteiger partial charge on any atom is -0.333 e. The van der Waals surface area contributed by atoms with Gasteiger partial charge in [0, 0.05) is 0 Å². The molecular formula is C14H22FN5. The molecule has 1 aliphatic rings. The van der Waals surface area contributed by atoms with E-state index >= 15 is 0 Å². The van der Waals surface area contributed by atoms with Gasteiger partial charge in [-0.15, -0.1) is 5.53 Å². The Balaban J connectivity index is 0.00000172. The van der Waals surface area contributed by atoms with Gasteiger partial charge in [0.05, 0.1) is 22.8 Å². The first-order valence-corrected chi connectivity index (χ1v) is 6.09. The van der Waals surface area contributed by atoms with Crippen LogP contribution in [0.25, 0.3) is 0 Å². The highest BCUT2D eigenvalue weighted by Gasteiger charge is 2.25. The first-order chi connectivity index (χ1) is 9.60. The molecule has 20 heavy (non-hydrogen) atoms. The highest BCUT2D eigenvalue weighted by Crippen LogP contribution is 2.24. The molecule has 0 saturated heterocycles. The number of rotatable bonds is 6. The Labute approximate surface area is 119 Å². The van der Waals surface area contributed by atoms with Gasteiger partial charge in [0.15, 0.2) is 0 Å². The maximum atomic E-state index is 13.7. The van der Waals surface area contributed by atoms with E-state index in [4.69, 9.17) is 5.41 Å². The van der Waals surface area contributed by atoms with E-state index in [1.807, 2.05) is 6.92 Å². The summed E-state index contributed by atoms with van der Waals surface area (Å²) in [7, 11) is 1.50. The third-order valence-electron chi connectivity index (χ3n) is 2.52. The summed E-state index contributed by atoms with van der Waals surface area (Å²) in [5.74, 6) is -0.489. The van der Waals surface area contributed by atoms with E-state index in [-0.39, 0.29) is 11.4 Å². The molecule has 0 spiro atoms. The van der Waals surface area contributed by atoms with Crippen LogP contribution in [0.5, 0.6) is 0 Å². The monoisotopic (exact) mass is 279 g/mol. The molecule has 0 saturated carbocycles. The number of nitrogens with two attached hydrogens (primary N) is 1. The Morgan fingerprint density at radius 1 is 1.30 bits per heavy atom. The van der Waals surface area contributed by atoms with Crippen molar-refractivity contribution in [1.29, 1.82) is 5.41 Å². The molecule has 0 bridgehead atoms. The lowest BCUT2D eigenvalue weighted by Gasteiger charge is -2.21. The molecule has 0 atom stereocenters. The molecular weight excluding hydrogens is 257 g/mol.